The predicted octanol–water partition coefficient (Wildman–Crippen LogP) is 0.539. The predicted molar refractivity (Wildman–Crippen MR) is 70.1 cm³/mol. The van der Waals surface area contributed by atoms with Crippen molar-refractivity contribution >= 4 is 17.7 Å². The lowest BCUT2D eigenvalue weighted by Gasteiger charge is -2.03. The van der Waals surface area contributed by atoms with Crippen molar-refractivity contribution in [3.63, 3.8) is 0 Å². The zero-order valence-electron chi connectivity index (χ0n) is 10.3. The van der Waals surface area contributed by atoms with Gasteiger partial charge in [0.1, 0.15) is 6.33 Å². The highest BCUT2D eigenvalue weighted by atomic mass is 32.2. The number of aromatic amines is 2. The molecule has 0 unspecified atom stereocenters. The Morgan fingerprint density at radius 3 is 3.21 bits per heavy atom. The average Bonchev–Trinajstić information content (AvgIpc) is 3.10. The van der Waals surface area contributed by atoms with Gasteiger partial charge < -0.3 is 5.32 Å². The summed E-state index contributed by atoms with van der Waals surface area (Å²) in [5, 5.41) is 17.2. The van der Waals surface area contributed by atoms with E-state index in [1.165, 1.54) is 18.1 Å². The van der Waals surface area contributed by atoms with Crippen LogP contribution in [0.1, 0.15) is 28.2 Å². The summed E-state index contributed by atoms with van der Waals surface area (Å²) in [7, 11) is 0. The number of nitrogens with one attached hydrogen (secondary N) is 3. The molecule has 7 nitrogen and oxygen atoms in total. The topological polar surface area (TPSA) is 99.3 Å². The van der Waals surface area contributed by atoms with Crippen LogP contribution < -0.4 is 5.32 Å². The Bertz CT molecular complexity index is 564. The van der Waals surface area contributed by atoms with Crippen molar-refractivity contribution in [1.29, 1.82) is 0 Å². The normalized spacial score (nSPS) is 13.5. The van der Waals surface area contributed by atoms with Crippen LogP contribution in [0, 0.1) is 0 Å². The van der Waals surface area contributed by atoms with Crippen molar-refractivity contribution in [2.75, 3.05) is 12.3 Å². The first-order chi connectivity index (χ1) is 9.34. The number of rotatable bonds is 5. The fourth-order valence-electron chi connectivity index (χ4n) is 2.17. The highest BCUT2D eigenvalue weighted by molar-refractivity contribution is 7.99. The number of aromatic nitrogens is 5. The maximum atomic E-state index is 12.0. The summed E-state index contributed by atoms with van der Waals surface area (Å²) in [6, 6.07) is 0. The minimum absolute atomic E-state index is 0.0995. The van der Waals surface area contributed by atoms with Crippen molar-refractivity contribution in [3.8, 4) is 0 Å². The van der Waals surface area contributed by atoms with Crippen LogP contribution in [0.25, 0.3) is 0 Å². The minimum atomic E-state index is -0.0995. The van der Waals surface area contributed by atoms with E-state index in [1.807, 2.05) is 0 Å². The first kappa shape index (κ1) is 12.2. The Balaban J connectivity index is 1.48. The summed E-state index contributed by atoms with van der Waals surface area (Å²) >= 11 is 1.52. The van der Waals surface area contributed by atoms with Crippen molar-refractivity contribution in [3.05, 3.63) is 23.3 Å². The molecule has 0 radical (unpaired) electrons. The van der Waals surface area contributed by atoms with E-state index in [1.54, 1.807) is 0 Å². The van der Waals surface area contributed by atoms with Crippen molar-refractivity contribution in [2.45, 2.75) is 24.4 Å². The first-order valence-electron chi connectivity index (χ1n) is 6.17. The molecule has 2 aromatic heterocycles. The third kappa shape index (κ3) is 2.62. The fraction of sp³-hybridized carbons (Fsp3) is 0.455. The van der Waals surface area contributed by atoms with E-state index in [9.17, 15) is 4.79 Å². The smallest absolute Gasteiger partial charge is 0.272 e. The number of nitrogens with zero attached hydrogens (tertiary/aromatic N) is 3. The van der Waals surface area contributed by atoms with Gasteiger partial charge in [0.2, 0.25) is 0 Å². The highest BCUT2D eigenvalue weighted by Crippen LogP contribution is 2.22. The number of hydrogen-bond acceptors (Lipinski definition) is 5. The number of hydrogen-bond donors (Lipinski definition) is 3. The molecule has 0 saturated heterocycles. The molecule has 0 aliphatic heterocycles. The van der Waals surface area contributed by atoms with Crippen LogP contribution in [0.4, 0.5) is 0 Å². The van der Waals surface area contributed by atoms with Gasteiger partial charge in [-0.1, -0.05) is 11.8 Å². The largest absolute Gasteiger partial charge is 0.350 e. The monoisotopic (exact) mass is 278 g/mol. The van der Waals surface area contributed by atoms with E-state index in [0.29, 0.717) is 12.2 Å². The number of fused-ring (bicyclic) bond motifs is 1. The Hall–Kier alpha value is -1.83. The van der Waals surface area contributed by atoms with Gasteiger partial charge in [0, 0.05) is 23.6 Å². The number of thioether (sulfide) groups is 1. The summed E-state index contributed by atoms with van der Waals surface area (Å²) < 4.78 is 0. The first-order valence-corrected chi connectivity index (χ1v) is 7.15. The summed E-state index contributed by atoms with van der Waals surface area (Å²) in [4.78, 5) is 16.0. The molecule has 1 amide bonds. The molecule has 1 aliphatic carbocycles. The van der Waals surface area contributed by atoms with Gasteiger partial charge in [-0.2, -0.15) is 10.2 Å². The lowest BCUT2D eigenvalue weighted by molar-refractivity contribution is 0.0950. The van der Waals surface area contributed by atoms with E-state index in [-0.39, 0.29) is 5.91 Å². The van der Waals surface area contributed by atoms with Crippen LogP contribution in [0.3, 0.4) is 0 Å². The van der Waals surface area contributed by atoms with E-state index < -0.39 is 0 Å². The van der Waals surface area contributed by atoms with E-state index in [2.05, 4.69) is 30.7 Å². The van der Waals surface area contributed by atoms with Crippen LogP contribution in [-0.4, -0.2) is 43.6 Å². The molecular weight excluding hydrogens is 264 g/mol. The quantitative estimate of drug-likeness (QED) is 0.547. The molecule has 3 N–H and O–H groups in total. The summed E-state index contributed by atoms with van der Waals surface area (Å²) in [6.07, 6.45) is 4.51. The minimum Gasteiger partial charge on any atom is -0.350 e. The Morgan fingerprint density at radius 2 is 2.37 bits per heavy atom. The van der Waals surface area contributed by atoms with E-state index in [0.717, 1.165) is 41.4 Å². The van der Waals surface area contributed by atoms with Gasteiger partial charge in [-0.3, -0.25) is 15.0 Å². The molecule has 2 aromatic rings. The maximum absolute atomic E-state index is 12.0. The molecule has 0 atom stereocenters. The lowest BCUT2D eigenvalue weighted by atomic mass is 10.2. The van der Waals surface area contributed by atoms with E-state index >= 15 is 0 Å². The Morgan fingerprint density at radius 1 is 1.42 bits per heavy atom. The number of carbonyl (C=O) groups is 1. The molecule has 0 spiro atoms. The molecular formula is C11H14N6OS. The number of amides is 1. The van der Waals surface area contributed by atoms with Gasteiger partial charge in [0.25, 0.3) is 5.91 Å². The SMILES string of the molecule is O=C(NCCSc1ncn[nH]1)c1n[nH]c2c1CCC2. The molecule has 2 heterocycles. The molecule has 0 aromatic carbocycles. The number of carbonyl (C=O) groups excluding carboxylic acids is 1. The molecule has 3 rings (SSSR count). The van der Waals surface area contributed by atoms with Crippen LogP contribution in [-0.2, 0) is 12.8 Å². The van der Waals surface area contributed by atoms with Gasteiger partial charge >= 0.3 is 0 Å². The molecule has 1 aliphatic rings. The van der Waals surface area contributed by atoms with Crippen LogP contribution >= 0.6 is 11.8 Å². The zero-order chi connectivity index (χ0) is 13.1. The van der Waals surface area contributed by atoms with Crippen LogP contribution in [0.2, 0.25) is 0 Å². The molecule has 100 valence electrons. The second-order valence-corrected chi connectivity index (χ2v) is 5.36. The van der Waals surface area contributed by atoms with Crippen LogP contribution in [0.15, 0.2) is 11.5 Å². The average molecular weight is 278 g/mol. The molecule has 19 heavy (non-hydrogen) atoms. The van der Waals surface area contributed by atoms with Crippen molar-refractivity contribution < 1.29 is 4.79 Å². The lowest BCUT2D eigenvalue weighted by Crippen LogP contribution is -2.27. The summed E-state index contributed by atoms with van der Waals surface area (Å²) in [5.74, 6) is 0.644. The zero-order valence-corrected chi connectivity index (χ0v) is 11.1. The van der Waals surface area contributed by atoms with Crippen LogP contribution in [0.5, 0.6) is 0 Å². The molecule has 0 saturated carbocycles. The highest BCUT2D eigenvalue weighted by Gasteiger charge is 2.22. The van der Waals surface area contributed by atoms with Gasteiger partial charge in [-0.15, -0.1) is 0 Å². The summed E-state index contributed by atoms with van der Waals surface area (Å²) in [5.41, 5.74) is 2.75. The van der Waals surface area contributed by atoms with Gasteiger partial charge in [0.05, 0.1) is 0 Å². The maximum Gasteiger partial charge on any atom is 0.272 e. The molecule has 0 fully saturated rings. The van der Waals surface area contributed by atoms with Crippen molar-refractivity contribution in [1.82, 2.24) is 30.7 Å². The molecule has 0 bridgehead atoms. The Kier molecular flexibility index (Phi) is 3.49. The third-order valence-electron chi connectivity index (χ3n) is 3.04. The standard InChI is InChI=1S/C11H14N6OS/c18-10(9-7-2-1-3-8(7)15-16-9)12-4-5-19-11-13-6-14-17-11/h6H,1-5H2,(H,12,18)(H,15,16)(H,13,14,17). The Labute approximate surface area is 114 Å². The second-order valence-electron chi connectivity index (χ2n) is 4.28. The van der Waals surface area contributed by atoms with E-state index in [4.69, 9.17) is 0 Å². The second kappa shape index (κ2) is 5.43. The van der Waals surface area contributed by atoms with Crippen molar-refractivity contribution in [2.24, 2.45) is 0 Å². The van der Waals surface area contributed by atoms with Gasteiger partial charge in [-0.25, -0.2) is 4.98 Å². The molecule has 8 heteroatoms. The van der Waals surface area contributed by atoms with Gasteiger partial charge in [0.15, 0.2) is 10.9 Å². The third-order valence-corrected chi connectivity index (χ3v) is 3.92. The number of H-pyrrole nitrogens is 2. The fourth-order valence-corrected chi connectivity index (χ4v) is 2.80. The number of aryl methyl sites for hydroxylation is 1. The summed E-state index contributed by atoms with van der Waals surface area (Å²) in [6.45, 7) is 0.575. The van der Waals surface area contributed by atoms with Gasteiger partial charge in [-0.05, 0) is 19.3 Å².